The lowest BCUT2D eigenvalue weighted by molar-refractivity contribution is 0.136. The fraction of sp³-hybridized carbons (Fsp3) is 0.625. The highest BCUT2D eigenvalue weighted by Crippen LogP contribution is 2.25. The summed E-state index contributed by atoms with van der Waals surface area (Å²) in [5.41, 5.74) is 2.60. The van der Waals surface area contributed by atoms with Crippen molar-refractivity contribution in [1.82, 2.24) is 5.32 Å². The molecule has 1 aromatic carbocycles. The topological polar surface area (TPSA) is 35.5 Å². The first kappa shape index (κ1) is 14.4. The fourth-order valence-electron chi connectivity index (χ4n) is 2.56. The number of aliphatic hydroxyl groups excluding tert-OH is 1. The molecule has 2 unspecified atom stereocenters. The molecule has 1 heterocycles. The van der Waals surface area contributed by atoms with E-state index < -0.39 is 0 Å². The largest absolute Gasteiger partial charge is 0.393 e. The lowest BCUT2D eigenvalue weighted by Crippen LogP contribution is -2.24. The molecule has 1 aromatic rings. The van der Waals surface area contributed by atoms with Crippen molar-refractivity contribution in [3.05, 3.63) is 29.8 Å². The Morgan fingerprint density at radius 1 is 1.26 bits per heavy atom. The number of rotatable bonds is 5. The zero-order chi connectivity index (χ0) is 13.8. The maximum atomic E-state index is 9.65. The molecule has 3 heteroatoms. The average molecular weight is 262 g/mol. The maximum Gasteiger partial charge on any atom is 0.0557 e. The third-order valence-corrected chi connectivity index (χ3v) is 3.92. The standard InChI is InChI=1S/C16H26N2O/c1-12(2)17-10-14-4-6-16(7-5-14)18-9-8-15(11-18)13(3)19/h4-7,12-13,15,17,19H,8-11H2,1-3H3. The molecule has 0 aromatic heterocycles. The molecular formula is C16H26N2O. The summed E-state index contributed by atoms with van der Waals surface area (Å²) in [7, 11) is 0. The minimum absolute atomic E-state index is 0.195. The van der Waals surface area contributed by atoms with Crippen molar-refractivity contribution in [2.45, 2.75) is 45.9 Å². The predicted molar refractivity (Wildman–Crippen MR) is 80.4 cm³/mol. The van der Waals surface area contributed by atoms with Gasteiger partial charge in [0.1, 0.15) is 0 Å². The van der Waals surface area contributed by atoms with Crippen molar-refractivity contribution < 1.29 is 5.11 Å². The number of nitrogens with one attached hydrogen (secondary N) is 1. The van der Waals surface area contributed by atoms with Crippen LogP contribution < -0.4 is 10.2 Å². The lowest BCUT2D eigenvalue weighted by atomic mass is 10.0. The van der Waals surface area contributed by atoms with Crippen LogP contribution in [0, 0.1) is 5.92 Å². The van der Waals surface area contributed by atoms with Crippen LogP contribution in [-0.4, -0.2) is 30.3 Å². The predicted octanol–water partition coefficient (Wildman–Crippen LogP) is 2.39. The minimum atomic E-state index is -0.195. The molecule has 2 N–H and O–H groups in total. The Balaban J connectivity index is 1.92. The molecule has 0 saturated carbocycles. The van der Waals surface area contributed by atoms with Crippen molar-refractivity contribution in [3.63, 3.8) is 0 Å². The van der Waals surface area contributed by atoms with Gasteiger partial charge in [-0.05, 0) is 31.0 Å². The van der Waals surface area contributed by atoms with E-state index in [1.54, 1.807) is 0 Å². The molecule has 2 rings (SSSR count). The quantitative estimate of drug-likeness (QED) is 0.855. The highest BCUT2D eigenvalue weighted by molar-refractivity contribution is 5.48. The van der Waals surface area contributed by atoms with E-state index in [9.17, 15) is 5.11 Å². The zero-order valence-corrected chi connectivity index (χ0v) is 12.3. The van der Waals surface area contributed by atoms with Crippen LogP contribution in [0.2, 0.25) is 0 Å². The Morgan fingerprint density at radius 2 is 1.95 bits per heavy atom. The van der Waals surface area contributed by atoms with Gasteiger partial charge >= 0.3 is 0 Å². The van der Waals surface area contributed by atoms with Gasteiger partial charge in [-0.3, -0.25) is 0 Å². The first-order valence-corrected chi connectivity index (χ1v) is 7.31. The molecule has 0 spiro atoms. The third-order valence-electron chi connectivity index (χ3n) is 3.92. The van der Waals surface area contributed by atoms with Gasteiger partial charge in [0.15, 0.2) is 0 Å². The van der Waals surface area contributed by atoms with E-state index in [0.29, 0.717) is 12.0 Å². The monoisotopic (exact) mass is 262 g/mol. The molecule has 0 bridgehead atoms. The molecule has 106 valence electrons. The number of aliphatic hydroxyl groups is 1. The van der Waals surface area contributed by atoms with Gasteiger partial charge in [-0.1, -0.05) is 26.0 Å². The summed E-state index contributed by atoms with van der Waals surface area (Å²) in [6.45, 7) is 9.17. The number of hydrogen-bond acceptors (Lipinski definition) is 3. The molecule has 1 aliphatic rings. The summed E-state index contributed by atoms with van der Waals surface area (Å²) in [6.07, 6.45) is 0.897. The van der Waals surface area contributed by atoms with E-state index in [1.165, 1.54) is 11.3 Å². The number of nitrogens with zero attached hydrogens (tertiary/aromatic N) is 1. The first-order chi connectivity index (χ1) is 9.06. The van der Waals surface area contributed by atoms with Crippen LogP contribution in [0.3, 0.4) is 0 Å². The molecule has 1 aliphatic heterocycles. The Kier molecular flexibility index (Phi) is 4.83. The first-order valence-electron chi connectivity index (χ1n) is 7.31. The third kappa shape index (κ3) is 3.95. The van der Waals surface area contributed by atoms with E-state index in [0.717, 1.165) is 26.1 Å². The molecule has 2 atom stereocenters. The smallest absolute Gasteiger partial charge is 0.0557 e. The Bertz CT molecular complexity index is 386. The van der Waals surface area contributed by atoms with Gasteiger partial charge in [-0.15, -0.1) is 0 Å². The number of hydrogen-bond donors (Lipinski definition) is 2. The second-order valence-corrected chi connectivity index (χ2v) is 5.94. The maximum absolute atomic E-state index is 9.65. The van der Waals surface area contributed by atoms with E-state index >= 15 is 0 Å². The molecule has 0 aliphatic carbocycles. The van der Waals surface area contributed by atoms with Crippen LogP contribution in [-0.2, 0) is 6.54 Å². The highest BCUT2D eigenvalue weighted by atomic mass is 16.3. The fourth-order valence-corrected chi connectivity index (χ4v) is 2.56. The van der Waals surface area contributed by atoms with Crippen molar-refractivity contribution >= 4 is 5.69 Å². The van der Waals surface area contributed by atoms with Gasteiger partial charge < -0.3 is 15.3 Å². The van der Waals surface area contributed by atoms with E-state index in [4.69, 9.17) is 0 Å². The Hall–Kier alpha value is -1.06. The van der Waals surface area contributed by atoms with Gasteiger partial charge in [0.05, 0.1) is 6.10 Å². The molecule has 1 fully saturated rings. The summed E-state index contributed by atoms with van der Waals surface area (Å²) >= 11 is 0. The molecule has 0 amide bonds. The average Bonchev–Trinajstić information content (AvgIpc) is 2.86. The summed E-state index contributed by atoms with van der Waals surface area (Å²) < 4.78 is 0. The number of anilines is 1. The van der Waals surface area contributed by atoms with E-state index in [-0.39, 0.29) is 6.10 Å². The van der Waals surface area contributed by atoms with Crippen molar-refractivity contribution in [2.75, 3.05) is 18.0 Å². The highest BCUT2D eigenvalue weighted by Gasteiger charge is 2.25. The summed E-state index contributed by atoms with van der Waals surface area (Å²) in [4.78, 5) is 2.37. The molecular weight excluding hydrogens is 236 g/mol. The van der Waals surface area contributed by atoms with E-state index in [2.05, 4.69) is 48.3 Å². The van der Waals surface area contributed by atoms with Gasteiger partial charge in [-0.25, -0.2) is 0 Å². The zero-order valence-electron chi connectivity index (χ0n) is 12.3. The van der Waals surface area contributed by atoms with Gasteiger partial charge in [0, 0.05) is 37.3 Å². The van der Waals surface area contributed by atoms with E-state index in [1.807, 2.05) is 6.92 Å². The van der Waals surface area contributed by atoms with Crippen LogP contribution in [0.4, 0.5) is 5.69 Å². The van der Waals surface area contributed by atoms with Crippen LogP contribution >= 0.6 is 0 Å². The molecule has 1 saturated heterocycles. The normalized spacial score (nSPS) is 21.1. The second-order valence-electron chi connectivity index (χ2n) is 5.94. The van der Waals surface area contributed by atoms with Gasteiger partial charge in [-0.2, -0.15) is 0 Å². The van der Waals surface area contributed by atoms with Gasteiger partial charge in [0.25, 0.3) is 0 Å². The SMILES string of the molecule is CC(C)NCc1ccc(N2CCC(C(C)O)C2)cc1. The van der Waals surface area contributed by atoms with Crippen molar-refractivity contribution in [1.29, 1.82) is 0 Å². The summed E-state index contributed by atoms with van der Waals surface area (Å²) in [5.74, 6) is 0.419. The molecule has 0 radical (unpaired) electrons. The summed E-state index contributed by atoms with van der Waals surface area (Å²) in [5, 5.41) is 13.1. The molecule has 3 nitrogen and oxygen atoms in total. The lowest BCUT2D eigenvalue weighted by Gasteiger charge is -2.20. The molecule has 19 heavy (non-hydrogen) atoms. The van der Waals surface area contributed by atoms with Crippen LogP contribution in [0.5, 0.6) is 0 Å². The second kappa shape index (κ2) is 6.40. The Labute approximate surface area is 116 Å². The summed E-state index contributed by atoms with van der Waals surface area (Å²) in [6, 6.07) is 9.30. The Morgan fingerprint density at radius 3 is 2.47 bits per heavy atom. The van der Waals surface area contributed by atoms with Crippen molar-refractivity contribution in [3.8, 4) is 0 Å². The van der Waals surface area contributed by atoms with Crippen LogP contribution in [0.1, 0.15) is 32.8 Å². The van der Waals surface area contributed by atoms with Crippen LogP contribution in [0.15, 0.2) is 24.3 Å². The van der Waals surface area contributed by atoms with Crippen molar-refractivity contribution in [2.24, 2.45) is 5.92 Å². The van der Waals surface area contributed by atoms with Crippen LogP contribution in [0.25, 0.3) is 0 Å². The van der Waals surface area contributed by atoms with Gasteiger partial charge in [0.2, 0.25) is 0 Å². The minimum Gasteiger partial charge on any atom is -0.393 e. The number of benzene rings is 1.